The summed E-state index contributed by atoms with van der Waals surface area (Å²) in [6.45, 7) is 11.6. The minimum Gasteiger partial charge on any atom is -0.356 e. The molecule has 1 aliphatic carbocycles. The average molecular weight is 406 g/mol. The Kier molecular flexibility index (Phi) is 7.41. The number of benzene rings is 1. The Labute approximate surface area is 177 Å². The van der Waals surface area contributed by atoms with Crippen LogP contribution in [0.3, 0.4) is 0 Å². The molecule has 1 fully saturated rings. The van der Waals surface area contributed by atoms with Crippen LogP contribution in [-0.2, 0) is 0 Å². The Hall–Kier alpha value is -2.22. The van der Waals surface area contributed by atoms with Gasteiger partial charge in [-0.15, -0.1) is 9.24 Å². The monoisotopic (exact) mass is 405 g/mol. The molecule has 4 heteroatoms. The van der Waals surface area contributed by atoms with Crippen LogP contribution in [0.25, 0.3) is 0 Å². The molecule has 2 N–H and O–H groups in total. The van der Waals surface area contributed by atoms with E-state index >= 15 is 0 Å². The number of nitrogens with one attached hydrogen (secondary N) is 2. The fraction of sp³-hybridized carbons (Fsp3) is 0.320. The lowest BCUT2D eigenvalue weighted by Gasteiger charge is -2.40. The van der Waals surface area contributed by atoms with Gasteiger partial charge in [0.1, 0.15) is 0 Å². The SMILES string of the molecule is C=C(Nc1cccc(C)c1/N=C\C(C)/C=C\C)C1NCC1C1=CCC=C(P)C=C1. The highest BCUT2D eigenvalue weighted by molar-refractivity contribution is 7.22. The molecule has 0 bridgehead atoms. The second kappa shape index (κ2) is 10.0. The van der Waals surface area contributed by atoms with Gasteiger partial charge in [-0.3, -0.25) is 4.99 Å². The number of anilines is 1. The second-order valence-corrected chi connectivity index (χ2v) is 8.42. The summed E-state index contributed by atoms with van der Waals surface area (Å²) in [4.78, 5) is 4.78. The van der Waals surface area contributed by atoms with E-state index in [9.17, 15) is 0 Å². The number of aryl methyl sites for hydroxylation is 1. The molecule has 2 aliphatic rings. The van der Waals surface area contributed by atoms with Crippen molar-refractivity contribution in [3.63, 3.8) is 0 Å². The molecule has 29 heavy (non-hydrogen) atoms. The van der Waals surface area contributed by atoms with E-state index in [2.05, 4.69) is 95.0 Å². The number of nitrogens with zero attached hydrogens (tertiary/aromatic N) is 1. The summed E-state index contributed by atoms with van der Waals surface area (Å²) < 4.78 is 0. The molecule has 1 saturated heterocycles. The molecule has 0 spiro atoms. The van der Waals surface area contributed by atoms with Crippen molar-refractivity contribution in [2.24, 2.45) is 16.8 Å². The van der Waals surface area contributed by atoms with Crippen LogP contribution >= 0.6 is 9.24 Å². The van der Waals surface area contributed by atoms with Gasteiger partial charge < -0.3 is 10.6 Å². The molecule has 1 aromatic rings. The van der Waals surface area contributed by atoms with E-state index in [1.165, 1.54) is 10.9 Å². The first kappa shape index (κ1) is 21.5. The van der Waals surface area contributed by atoms with Crippen LogP contribution in [0.5, 0.6) is 0 Å². The fourth-order valence-electron chi connectivity index (χ4n) is 3.69. The molecule has 1 heterocycles. The molecule has 1 aliphatic heterocycles. The highest BCUT2D eigenvalue weighted by Gasteiger charge is 2.34. The largest absolute Gasteiger partial charge is 0.356 e. The first-order chi connectivity index (χ1) is 14.0. The Bertz CT molecular complexity index is 905. The van der Waals surface area contributed by atoms with E-state index < -0.39 is 0 Å². The summed E-state index contributed by atoms with van der Waals surface area (Å²) in [6, 6.07) is 6.46. The zero-order valence-corrected chi connectivity index (χ0v) is 18.8. The van der Waals surface area contributed by atoms with E-state index in [0.717, 1.165) is 35.6 Å². The van der Waals surface area contributed by atoms with Crippen molar-refractivity contribution in [3.05, 3.63) is 83.4 Å². The van der Waals surface area contributed by atoms with Gasteiger partial charge in [0.05, 0.1) is 17.4 Å². The number of allylic oxidation sites excluding steroid dienone is 7. The molecular formula is C25H32N3P. The number of rotatable bonds is 7. The van der Waals surface area contributed by atoms with Crippen LogP contribution in [0.15, 0.2) is 82.8 Å². The van der Waals surface area contributed by atoms with Crippen molar-refractivity contribution in [2.45, 2.75) is 33.2 Å². The summed E-state index contributed by atoms with van der Waals surface area (Å²) in [7, 11) is 2.78. The van der Waals surface area contributed by atoms with Gasteiger partial charge in [-0.05, 0) is 42.8 Å². The lowest BCUT2D eigenvalue weighted by Crippen LogP contribution is -2.55. The van der Waals surface area contributed by atoms with Crippen molar-refractivity contribution in [1.82, 2.24) is 5.32 Å². The van der Waals surface area contributed by atoms with E-state index in [4.69, 9.17) is 4.99 Å². The maximum Gasteiger partial charge on any atom is 0.0889 e. The van der Waals surface area contributed by atoms with Crippen LogP contribution < -0.4 is 10.6 Å². The van der Waals surface area contributed by atoms with Crippen molar-refractivity contribution in [3.8, 4) is 0 Å². The Balaban J connectivity index is 1.73. The van der Waals surface area contributed by atoms with Gasteiger partial charge in [-0.2, -0.15) is 0 Å². The van der Waals surface area contributed by atoms with Gasteiger partial charge in [0, 0.05) is 30.3 Å². The minimum atomic E-state index is 0.219. The average Bonchev–Trinajstić information content (AvgIpc) is 2.85. The van der Waals surface area contributed by atoms with Gasteiger partial charge in [0.2, 0.25) is 0 Å². The van der Waals surface area contributed by atoms with Gasteiger partial charge in [-0.25, -0.2) is 0 Å². The number of hydrogen-bond acceptors (Lipinski definition) is 3. The minimum absolute atomic E-state index is 0.219. The summed E-state index contributed by atoms with van der Waals surface area (Å²) in [5, 5.41) is 8.33. The van der Waals surface area contributed by atoms with Crippen LogP contribution in [0, 0.1) is 18.8 Å². The predicted molar refractivity (Wildman–Crippen MR) is 131 cm³/mol. The first-order valence-electron chi connectivity index (χ1n) is 10.3. The molecule has 152 valence electrons. The highest BCUT2D eigenvalue weighted by atomic mass is 31.0. The molecule has 1 aromatic carbocycles. The van der Waals surface area contributed by atoms with Crippen LogP contribution in [-0.4, -0.2) is 18.8 Å². The molecule has 4 unspecified atom stereocenters. The van der Waals surface area contributed by atoms with Gasteiger partial charge in [0.15, 0.2) is 0 Å². The maximum atomic E-state index is 4.78. The van der Waals surface area contributed by atoms with Crippen molar-refractivity contribution in [1.29, 1.82) is 0 Å². The molecule has 0 saturated carbocycles. The molecule has 3 nitrogen and oxygen atoms in total. The summed E-state index contributed by atoms with van der Waals surface area (Å²) in [5.41, 5.74) is 5.51. The lowest BCUT2D eigenvalue weighted by molar-refractivity contribution is 0.314. The predicted octanol–water partition coefficient (Wildman–Crippen LogP) is 6.07. The molecule has 0 amide bonds. The third-order valence-corrected chi connectivity index (χ3v) is 5.83. The number of hydrogen-bond donors (Lipinski definition) is 2. The van der Waals surface area contributed by atoms with Crippen LogP contribution in [0.4, 0.5) is 11.4 Å². The Morgan fingerprint density at radius 3 is 2.90 bits per heavy atom. The topological polar surface area (TPSA) is 36.4 Å². The van der Waals surface area contributed by atoms with Gasteiger partial charge >= 0.3 is 0 Å². The van der Waals surface area contributed by atoms with E-state index in [0.29, 0.717) is 11.8 Å². The number of aliphatic imine (C=N–C) groups is 1. The molecular weight excluding hydrogens is 373 g/mol. The molecule has 0 aromatic heterocycles. The smallest absolute Gasteiger partial charge is 0.0889 e. The van der Waals surface area contributed by atoms with Crippen molar-refractivity contribution >= 4 is 26.8 Å². The Morgan fingerprint density at radius 1 is 1.34 bits per heavy atom. The molecule has 4 atom stereocenters. The highest BCUT2D eigenvalue weighted by Crippen LogP contribution is 2.34. The lowest BCUT2D eigenvalue weighted by atomic mass is 9.82. The zero-order chi connectivity index (χ0) is 20.8. The van der Waals surface area contributed by atoms with E-state index in [-0.39, 0.29) is 6.04 Å². The fourth-order valence-corrected chi connectivity index (χ4v) is 3.92. The van der Waals surface area contributed by atoms with Crippen LogP contribution in [0.1, 0.15) is 25.8 Å². The summed E-state index contributed by atoms with van der Waals surface area (Å²) >= 11 is 0. The number of para-hydroxylation sites is 1. The Morgan fingerprint density at radius 2 is 2.17 bits per heavy atom. The first-order valence-corrected chi connectivity index (χ1v) is 10.9. The quantitative estimate of drug-likeness (QED) is 0.328. The van der Waals surface area contributed by atoms with E-state index in [1.54, 1.807) is 0 Å². The van der Waals surface area contributed by atoms with Gasteiger partial charge in [0.25, 0.3) is 0 Å². The third kappa shape index (κ3) is 5.44. The summed E-state index contributed by atoms with van der Waals surface area (Å²) in [6.07, 6.45) is 16.1. The van der Waals surface area contributed by atoms with E-state index in [1.807, 2.05) is 13.1 Å². The van der Waals surface area contributed by atoms with Crippen LogP contribution in [0.2, 0.25) is 0 Å². The second-order valence-electron chi connectivity index (χ2n) is 7.75. The van der Waals surface area contributed by atoms with Gasteiger partial charge in [-0.1, -0.05) is 62.1 Å². The molecule has 3 rings (SSSR count). The summed E-state index contributed by atoms with van der Waals surface area (Å²) in [5.74, 6) is 0.750. The molecule has 0 radical (unpaired) electrons. The third-order valence-electron chi connectivity index (χ3n) is 5.41. The maximum absolute atomic E-state index is 4.78. The zero-order valence-electron chi connectivity index (χ0n) is 17.7. The standard InChI is InChI=1S/C25H32N3P/c1-5-8-17(2)15-26-24-18(3)9-6-12-23(24)28-19(4)25-22(16-27-25)20-10-7-11-21(29)14-13-20/h5-6,8-15,17,22,25,27-28H,4,7,16,29H2,1-3H3/b8-5-,26-15-. The van der Waals surface area contributed by atoms with Crippen molar-refractivity contribution < 1.29 is 0 Å². The normalized spacial score (nSPS) is 22.8. The van der Waals surface area contributed by atoms with Crippen molar-refractivity contribution in [2.75, 3.05) is 11.9 Å².